The Kier molecular flexibility index (Phi) is 2.63. The third-order valence-corrected chi connectivity index (χ3v) is 3.52. The van der Waals surface area contributed by atoms with Gasteiger partial charge in [0.2, 0.25) is 11.9 Å². The highest BCUT2D eigenvalue weighted by Gasteiger charge is 2.23. The zero-order chi connectivity index (χ0) is 12.7. The molecule has 1 amide bonds. The lowest BCUT2D eigenvalue weighted by molar-refractivity contribution is -0.122. The van der Waals surface area contributed by atoms with E-state index in [2.05, 4.69) is 10.3 Å². The number of benzene rings is 1. The number of rotatable bonds is 1. The summed E-state index contributed by atoms with van der Waals surface area (Å²) in [5.41, 5.74) is 7.71. The van der Waals surface area contributed by atoms with Crippen molar-refractivity contribution in [3.05, 3.63) is 23.2 Å². The summed E-state index contributed by atoms with van der Waals surface area (Å²) < 4.78 is 1.98. The number of nitrogens with two attached hydrogens (primary N) is 1. The number of carbonyl (C=O) groups is 1. The van der Waals surface area contributed by atoms with E-state index in [-0.39, 0.29) is 11.9 Å². The van der Waals surface area contributed by atoms with Crippen LogP contribution in [-0.4, -0.2) is 22.0 Å². The van der Waals surface area contributed by atoms with Crippen LogP contribution in [0.15, 0.2) is 18.2 Å². The van der Waals surface area contributed by atoms with Crippen molar-refractivity contribution in [3.63, 3.8) is 0 Å². The number of nitrogen functional groups attached to an aromatic ring is 1. The molecule has 0 bridgehead atoms. The van der Waals surface area contributed by atoms with Gasteiger partial charge in [0, 0.05) is 18.0 Å². The molecule has 0 aliphatic carbocycles. The summed E-state index contributed by atoms with van der Waals surface area (Å²) >= 11 is 5.94. The highest BCUT2D eigenvalue weighted by Crippen LogP contribution is 2.28. The van der Waals surface area contributed by atoms with E-state index in [4.69, 9.17) is 17.3 Å². The van der Waals surface area contributed by atoms with Gasteiger partial charge in [0.15, 0.2) is 0 Å². The lowest BCUT2D eigenvalue weighted by Gasteiger charge is -2.25. The Balaban J connectivity index is 2.05. The van der Waals surface area contributed by atoms with Crippen molar-refractivity contribution in [1.29, 1.82) is 0 Å². The fraction of sp³-hybridized carbons (Fsp3) is 0.333. The molecule has 1 unspecified atom stereocenters. The third kappa shape index (κ3) is 1.80. The van der Waals surface area contributed by atoms with Crippen molar-refractivity contribution in [2.45, 2.75) is 18.9 Å². The molecule has 1 atom stereocenters. The molecular weight excluding hydrogens is 252 g/mol. The van der Waals surface area contributed by atoms with E-state index < -0.39 is 0 Å². The minimum absolute atomic E-state index is 0.0947. The standard InChI is InChI=1S/C12H13ClN4O/c13-7-1-3-10-9(5-7)16-12(14)17(10)8-2-4-11(18)15-6-8/h1,3,5,8H,2,4,6H2,(H2,14,16)(H,15,18). The molecule has 2 aromatic rings. The first-order valence-electron chi connectivity index (χ1n) is 5.85. The molecule has 3 rings (SSSR count). The Hall–Kier alpha value is -1.75. The van der Waals surface area contributed by atoms with Crippen LogP contribution in [0.2, 0.25) is 5.02 Å². The van der Waals surface area contributed by atoms with E-state index in [1.165, 1.54) is 0 Å². The number of nitrogens with one attached hydrogen (secondary N) is 1. The number of fused-ring (bicyclic) bond motifs is 1. The number of hydrogen-bond acceptors (Lipinski definition) is 3. The first-order valence-corrected chi connectivity index (χ1v) is 6.22. The summed E-state index contributed by atoms with van der Waals surface area (Å²) in [5.74, 6) is 0.561. The van der Waals surface area contributed by atoms with Crippen LogP contribution in [0.3, 0.4) is 0 Å². The number of aromatic nitrogens is 2. The van der Waals surface area contributed by atoms with Crippen molar-refractivity contribution in [1.82, 2.24) is 14.9 Å². The first-order chi connectivity index (χ1) is 8.65. The molecule has 1 aliphatic heterocycles. The van der Waals surface area contributed by atoms with Gasteiger partial charge >= 0.3 is 0 Å². The molecule has 0 saturated carbocycles. The van der Waals surface area contributed by atoms with Gasteiger partial charge in [-0.15, -0.1) is 0 Å². The summed E-state index contributed by atoms with van der Waals surface area (Å²) in [5, 5.41) is 3.50. The van der Waals surface area contributed by atoms with Crippen LogP contribution in [0.25, 0.3) is 11.0 Å². The molecule has 3 N–H and O–H groups in total. The maximum absolute atomic E-state index is 11.2. The van der Waals surface area contributed by atoms with E-state index in [1.807, 2.05) is 16.7 Å². The monoisotopic (exact) mass is 264 g/mol. The molecule has 94 valence electrons. The summed E-state index contributed by atoms with van der Waals surface area (Å²) in [7, 11) is 0. The molecule has 1 aliphatic rings. The molecular formula is C12H13ClN4O. The van der Waals surface area contributed by atoms with Crippen LogP contribution >= 0.6 is 11.6 Å². The molecule has 6 heteroatoms. The maximum Gasteiger partial charge on any atom is 0.220 e. The predicted molar refractivity (Wildman–Crippen MR) is 70.4 cm³/mol. The van der Waals surface area contributed by atoms with Crippen LogP contribution in [-0.2, 0) is 4.79 Å². The van der Waals surface area contributed by atoms with Crippen LogP contribution in [0.1, 0.15) is 18.9 Å². The zero-order valence-electron chi connectivity index (χ0n) is 9.69. The summed E-state index contributed by atoms with van der Waals surface area (Å²) in [6.07, 6.45) is 1.31. The molecule has 1 aromatic carbocycles. The summed E-state index contributed by atoms with van der Waals surface area (Å²) in [4.78, 5) is 15.5. The van der Waals surface area contributed by atoms with E-state index in [0.29, 0.717) is 23.9 Å². The Morgan fingerprint density at radius 1 is 1.50 bits per heavy atom. The van der Waals surface area contributed by atoms with E-state index in [9.17, 15) is 4.79 Å². The second-order valence-corrected chi connectivity index (χ2v) is 4.91. The molecule has 1 saturated heterocycles. The van der Waals surface area contributed by atoms with Crippen molar-refractivity contribution in [3.8, 4) is 0 Å². The van der Waals surface area contributed by atoms with E-state index >= 15 is 0 Å². The summed E-state index contributed by atoms with van der Waals surface area (Å²) in [6.45, 7) is 0.594. The second-order valence-electron chi connectivity index (χ2n) is 4.47. The van der Waals surface area contributed by atoms with Crippen LogP contribution in [0.4, 0.5) is 5.95 Å². The Morgan fingerprint density at radius 2 is 2.33 bits per heavy atom. The third-order valence-electron chi connectivity index (χ3n) is 3.28. The van der Waals surface area contributed by atoms with Gasteiger partial charge in [-0.3, -0.25) is 4.79 Å². The number of nitrogens with zero attached hydrogens (tertiary/aromatic N) is 2. The molecule has 18 heavy (non-hydrogen) atoms. The smallest absolute Gasteiger partial charge is 0.220 e. The summed E-state index contributed by atoms with van der Waals surface area (Å²) in [6, 6.07) is 5.69. The van der Waals surface area contributed by atoms with Crippen molar-refractivity contribution in [2.24, 2.45) is 0 Å². The molecule has 1 aromatic heterocycles. The number of carbonyl (C=O) groups excluding carboxylic acids is 1. The normalized spacial score (nSPS) is 20.1. The number of piperidine rings is 1. The molecule has 2 heterocycles. The first kappa shape index (κ1) is 11.3. The van der Waals surface area contributed by atoms with Crippen LogP contribution in [0, 0.1) is 0 Å². The van der Waals surface area contributed by atoms with E-state index in [1.54, 1.807) is 6.07 Å². The average molecular weight is 265 g/mol. The van der Waals surface area contributed by atoms with Crippen molar-refractivity contribution in [2.75, 3.05) is 12.3 Å². The molecule has 0 spiro atoms. The quantitative estimate of drug-likeness (QED) is 0.824. The van der Waals surface area contributed by atoms with Gasteiger partial charge in [0.05, 0.1) is 17.1 Å². The number of anilines is 1. The highest BCUT2D eigenvalue weighted by molar-refractivity contribution is 6.31. The van der Waals surface area contributed by atoms with Crippen molar-refractivity contribution >= 4 is 34.5 Å². The van der Waals surface area contributed by atoms with Crippen molar-refractivity contribution < 1.29 is 4.79 Å². The zero-order valence-corrected chi connectivity index (χ0v) is 10.4. The maximum atomic E-state index is 11.2. The topological polar surface area (TPSA) is 72.9 Å². The molecule has 0 radical (unpaired) electrons. The molecule has 1 fully saturated rings. The molecule has 5 nitrogen and oxygen atoms in total. The lowest BCUT2D eigenvalue weighted by atomic mass is 10.1. The SMILES string of the molecule is Nc1nc2cc(Cl)ccc2n1C1CCC(=O)NC1. The predicted octanol–water partition coefficient (Wildman–Crippen LogP) is 1.72. The highest BCUT2D eigenvalue weighted by atomic mass is 35.5. The fourth-order valence-electron chi connectivity index (χ4n) is 2.41. The van der Waals surface area contributed by atoms with Gasteiger partial charge in [0.1, 0.15) is 0 Å². The van der Waals surface area contributed by atoms with Gasteiger partial charge in [-0.05, 0) is 24.6 Å². The minimum atomic E-state index is 0.0947. The van der Waals surface area contributed by atoms with Gasteiger partial charge in [-0.25, -0.2) is 4.98 Å². The fourth-order valence-corrected chi connectivity index (χ4v) is 2.58. The average Bonchev–Trinajstić information content (AvgIpc) is 2.65. The number of halogens is 1. The van der Waals surface area contributed by atoms with Gasteiger partial charge in [-0.1, -0.05) is 11.6 Å². The number of amides is 1. The van der Waals surface area contributed by atoms with Crippen LogP contribution < -0.4 is 11.1 Å². The van der Waals surface area contributed by atoms with E-state index in [0.717, 1.165) is 17.5 Å². The van der Waals surface area contributed by atoms with Gasteiger partial charge in [-0.2, -0.15) is 0 Å². The Morgan fingerprint density at radius 3 is 3.06 bits per heavy atom. The lowest BCUT2D eigenvalue weighted by Crippen LogP contribution is -2.36. The Labute approximate surface area is 109 Å². The number of hydrogen-bond donors (Lipinski definition) is 2. The largest absolute Gasteiger partial charge is 0.369 e. The minimum Gasteiger partial charge on any atom is -0.369 e. The van der Waals surface area contributed by atoms with Crippen LogP contribution in [0.5, 0.6) is 0 Å². The second kappa shape index (κ2) is 4.17. The van der Waals surface area contributed by atoms with Gasteiger partial charge < -0.3 is 15.6 Å². The number of imidazole rings is 1. The Bertz CT molecular complexity index is 612. The van der Waals surface area contributed by atoms with Gasteiger partial charge in [0.25, 0.3) is 0 Å².